The molecule has 0 amide bonds. The number of nitrogens with two attached hydrogens (primary N) is 4. The molecule has 4 saturated heterocycles. The van der Waals surface area contributed by atoms with E-state index in [0.29, 0.717) is 90.2 Å². The summed E-state index contributed by atoms with van der Waals surface area (Å²) in [4.78, 5) is 82.4. The third-order valence-electron chi connectivity index (χ3n) is 22.6. The van der Waals surface area contributed by atoms with E-state index in [1.165, 1.54) is 12.8 Å². The molecule has 1 saturated carbocycles. The van der Waals surface area contributed by atoms with Crippen molar-refractivity contribution in [3.63, 3.8) is 0 Å². The van der Waals surface area contributed by atoms with Crippen LogP contribution in [0.2, 0.25) is 20.1 Å². The molecule has 29 heteroatoms. The molecule has 8 aromatic heterocycles. The van der Waals surface area contributed by atoms with Crippen molar-refractivity contribution >= 4 is 92.5 Å². The molecule has 105 heavy (non-hydrogen) atoms. The van der Waals surface area contributed by atoms with E-state index in [2.05, 4.69) is 88.3 Å². The maximum atomic E-state index is 10.3. The summed E-state index contributed by atoms with van der Waals surface area (Å²) in [6.07, 6.45) is 25.2. The van der Waals surface area contributed by atoms with Crippen LogP contribution in [0.5, 0.6) is 0 Å². The summed E-state index contributed by atoms with van der Waals surface area (Å²) in [5, 5.41) is 12.7. The predicted octanol–water partition coefficient (Wildman–Crippen LogP) is 10.0. The van der Waals surface area contributed by atoms with Crippen molar-refractivity contribution in [1.82, 2.24) is 59.8 Å². The average Bonchev–Trinajstić information content (AvgIpc) is 1.61. The molecule has 0 bridgehead atoms. The van der Waals surface area contributed by atoms with Gasteiger partial charge in [-0.05, 0) is 140 Å². The number of pyridine rings is 4. The molecule has 8 aromatic rings. The topological polar surface area (TPSA) is 341 Å². The maximum Gasteiger partial charge on any atom is 0.147 e. The zero-order chi connectivity index (χ0) is 73.5. The Hall–Kier alpha value is -8.24. The van der Waals surface area contributed by atoms with Gasteiger partial charge in [-0.3, -0.25) is 39.9 Å². The van der Waals surface area contributed by atoms with E-state index in [4.69, 9.17) is 94.3 Å². The normalized spacial score (nSPS) is 19.8. The van der Waals surface area contributed by atoms with E-state index in [1.807, 2.05) is 70.6 Å². The molecule has 1 aliphatic carbocycles. The summed E-state index contributed by atoms with van der Waals surface area (Å²) in [6, 6.07) is 8.09. The Morgan fingerprint density at radius 1 is 0.457 bits per heavy atom. The second-order valence-electron chi connectivity index (χ2n) is 29.5. The molecule has 1 spiro atoms. The Labute approximate surface area is 632 Å². The third-order valence-corrected chi connectivity index (χ3v) is 24.0. The molecular weight excluding hydrogens is 1410 g/mol. The van der Waals surface area contributed by atoms with Crippen molar-refractivity contribution in [2.45, 2.75) is 156 Å². The van der Waals surface area contributed by atoms with Gasteiger partial charge in [-0.2, -0.15) is 0 Å². The fraction of sp³-hybridized carbons (Fsp3) is 0.474. The first kappa shape index (κ1) is 73.7. The highest BCUT2D eigenvalue weighted by Gasteiger charge is 2.47. The highest BCUT2D eigenvalue weighted by atomic mass is 35.5. The minimum Gasteiger partial charge on any atom is -0.388 e. The lowest BCUT2D eigenvalue weighted by Crippen LogP contribution is -2.56. The zero-order valence-electron chi connectivity index (χ0n) is 60.4. The van der Waals surface area contributed by atoms with Gasteiger partial charge < -0.3 is 47.6 Å². The summed E-state index contributed by atoms with van der Waals surface area (Å²) in [5.41, 5.74) is 41.1. The first-order valence-corrected chi connectivity index (χ1v) is 37.8. The van der Waals surface area contributed by atoms with Crippen LogP contribution in [0.4, 0.5) is 23.3 Å². The lowest BCUT2D eigenvalue weighted by molar-refractivity contribution is 0.0248. The molecule has 9 aliphatic rings. The smallest absolute Gasteiger partial charge is 0.147 e. The number of fused-ring (bicyclic) bond motifs is 4. The largest absolute Gasteiger partial charge is 0.388 e. The summed E-state index contributed by atoms with van der Waals surface area (Å²) in [5.74, 6) is 3.60. The van der Waals surface area contributed by atoms with Gasteiger partial charge in [-0.15, -0.1) is 0 Å². The van der Waals surface area contributed by atoms with Crippen molar-refractivity contribution in [2.75, 3.05) is 85.0 Å². The summed E-state index contributed by atoms with van der Waals surface area (Å²) in [6.45, 7) is 22.5. The molecule has 16 heterocycles. The number of halogens is 4. The van der Waals surface area contributed by atoms with Crippen LogP contribution in [0.1, 0.15) is 175 Å². The molecule has 8 aliphatic heterocycles. The molecule has 0 radical (unpaired) electrons. The Bertz CT molecular complexity index is 4450. The quantitative estimate of drug-likeness (QED) is 0.0803. The van der Waals surface area contributed by atoms with Crippen molar-refractivity contribution in [2.24, 2.45) is 53.7 Å². The number of aliphatic imine (C=N–C) groups is 4. The monoisotopic (exact) mass is 1490 g/mol. The van der Waals surface area contributed by atoms with Crippen LogP contribution in [0.3, 0.4) is 0 Å². The van der Waals surface area contributed by atoms with Gasteiger partial charge in [0.2, 0.25) is 0 Å². The highest BCUT2D eigenvalue weighted by Crippen LogP contribution is 2.49. The number of rotatable bonds is 11. The molecule has 5 fully saturated rings. The first-order valence-electron chi connectivity index (χ1n) is 36.3. The van der Waals surface area contributed by atoms with Crippen molar-refractivity contribution < 1.29 is 5.11 Å². The van der Waals surface area contributed by atoms with Gasteiger partial charge in [0.15, 0.2) is 0 Å². The van der Waals surface area contributed by atoms with E-state index in [-0.39, 0.29) is 11.0 Å². The van der Waals surface area contributed by atoms with E-state index in [1.54, 1.807) is 31.0 Å². The van der Waals surface area contributed by atoms with Crippen LogP contribution in [0.15, 0.2) is 93.8 Å². The molecular formula is C76H90Cl4N24O. The molecule has 17 rings (SSSR count). The van der Waals surface area contributed by atoms with Gasteiger partial charge >= 0.3 is 0 Å². The second-order valence-corrected chi connectivity index (χ2v) is 31.1. The highest BCUT2D eigenvalue weighted by molar-refractivity contribution is 6.37. The molecule has 1 unspecified atom stereocenters. The Balaban J connectivity index is 0.000000118. The summed E-state index contributed by atoms with van der Waals surface area (Å²) < 4.78 is 0. The SMILES string of the molecule is CCC1(N)CCN(c2cnc3c(n2)CN=C3c2ccnc(C)c2Cl)CC1.Cc1cc(C2=NCc3nc(N4CCC(C)(CN)CC4)cnc32)c(Cl)cn1.Cc1cc(C2=NCc3nc(N4CCC(O)(CN)CC4)cnc32)c(Cl)cn1.Cc1cc(C2=NCc3nc(N4CCC5(CCC5N)CC4)cnc32)c(Cl)cn1. The van der Waals surface area contributed by atoms with E-state index >= 15 is 0 Å². The molecule has 548 valence electrons. The Kier molecular flexibility index (Phi) is 21.4. The van der Waals surface area contributed by atoms with Gasteiger partial charge in [0.1, 0.15) is 46.0 Å². The van der Waals surface area contributed by atoms with Crippen molar-refractivity contribution in [1.29, 1.82) is 0 Å². The van der Waals surface area contributed by atoms with E-state index < -0.39 is 5.60 Å². The average molecular weight is 1500 g/mol. The first-order chi connectivity index (χ1) is 50.5. The van der Waals surface area contributed by atoms with Crippen LogP contribution in [-0.4, -0.2) is 170 Å². The summed E-state index contributed by atoms with van der Waals surface area (Å²) >= 11 is 25.4. The molecule has 9 N–H and O–H groups in total. The van der Waals surface area contributed by atoms with Crippen LogP contribution < -0.4 is 42.5 Å². The fourth-order valence-electron chi connectivity index (χ4n) is 15.1. The van der Waals surface area contributed by atoms with Crippen molar-refractivity contribution in [3.05, 3.63) is 185 Å². The molecule has 1 atom stereocenters. The number of hydrogen-bond acceptors (Lipinski definition) is 25. The number of hydrogen-bond donors (Lipinski definition) is 5. The van der Waals surface area contributed by atoms with Gasteiger partial charge in [0, 0.05) is 135 Å². The predicted molar refractivity (Wildman–Crippen MR) is 415 cm³/mol. The summed E-state index contributed by atoms with van der Waals surface area (Å²) in [7, 11) is 0. The van der Waals surface area contributed by atoms with Crippen LogP contribution in [0, 0.1) is 38.5 Å². The molecule has 0 aromatic carbocycles. The number of aliphatic hydroxyl groups is 1. The number of anilines is 4. The third kappa shape index (κ3) is 15.4. The lowest BCUT2D eigenvalue weighted by Gasteiger charge is -2.52. The second kappa shape index (κ2) is 30.6. The number of aryl methyl sites for hydroxylation is 4. The fourth-order valence-corrected chi connectivity index (χ4v) is 15.9. The minimum atomic E-state index is -0.757. The lowest BCUT2D eigenvalue weighted by atomic mass is 9.60. The minimum absolute atomic E-state index is 0.0348. The van der Waals surface area contributed by atoms with Gasteiger partial charge in [0.05, 0.1) is 128 Å². The number of nitrogens with zero attached hydrogens (tertiary/aromatic N) is 20. The van der Waals surface area contributed by atoms with Gasteiger partial charge in [-0.1, -0.05) is 60.3 Å². The standard InChI is InChI=1S/C20H23ClN6.2C19H23ClN6.C18H21ClN6O/c1-12-8-13(14(21)9-23-12)18-19-15(10-24-18)26-17(11-25-19)27-6-4-20(5-7-27)3-2-16(20)22;1-12-7-13(14(20)8-22-12)17-18-15(9-23-17)25-16(10-24-18)26-5-3-19(2,11-21)4-6-26;1-3-19(21)5-8-26(9-6-19)15-11-24-18-14(25-15)10-23-17(18)13-4-7-22-12(2)16(13)20;1-11-6-12(13(19)7-21-11)16-17-14(8-22-16)24-15(9-23-17)25-4-2-18(26,10-20)3-5-25/h8-9,11,16H,2-7,10,22H2,1H3;7-8,10H,3-6,9,11,21H2,1-2H3;4,7,11H,3,5-6,8-10,21H2,1-2H3;6-7,9,26H,2-5,8,10,20H2,1H3. The Morgan fingerprint density at radius 2 is 0.810 bits per heavy atom. The van der Waals surface area contributed by atoms with E-state index in [9.17, 15) is 5.11 Å². The van der Waals surface area contributed by atoms with Crippen LogP contribution in [-0.2, 0) is 26.2 Å². The molecule has 25 nitrogen and oxygen atoms in total. The van der Waals surface area contributed by atoms with Crippen LogP contribution in [0.25, 0.3) is 0 Å². The van der Waals surface area contributed by atoms with Gasteiger partial charge in [-0.25, -0.2) is 39.9 Å². The number of piperidine rings is 4. The number of aromatic nitrogens is 12. The van der Waals surface area contributed by atoms with Gasteiger partial charge in [0.25, 0.3) is 0 Å². The maximum absolute atomic E-state index is 10.3. The van der Waals surface area contributed by atoms with Crippen molar-refractivity contribution in [3.8, 4) is 0 Å². The van der Waals surface area contributed by atoms with E-state index in [0.717, 1.165) is 227 Å². The van der Waals surface area contributed by atoms with Crippen LogP contribution >= 0.6 is 46.4 Å². The Morgan fingerprint density at radius 3 is 1.14 bits per heavy atom. The zero-order valence-corrected chi connectivity index (χ0v) is 63.4.